The molecule has 3 atom stereocenters. The van der Waals surface area contributed by atoms with Gasteiger partial charge in [0.1, 0.15) is 23.1 Å². The summed E-state index contributed by atoms with van der Waals surface area (Å²) in [5.41, 5.74) is 1.54. The van der Waals surface area contributed by atoms with Crippen molar-refractivity contribution in [1.82, 2.24) is 0 Å². The Balaban J connectivity index is 1.82. The van der Waals surface area contributed by atoms with Crippen LogP contribution in [-0.2, 0) is 9.47 Å². The Morgan fingerprint density at radius 2 is 1.75 bits per heavy atom. The first-order chi connectivity index (χ1) is 15.2. The van der Waals surface area contributed by atoms with Gasteiger partial charge in [0.15, 0.2) is 0 Å². The third kappa shape index (κ3) is 5.26. The number of nitrogens with zero attached hydrogens (tertiary/aromatic N) is 2. The standard InChI is InChI=1S/C26H33ClN2O3/c1-16(2)23-24(30-6)29-26(5,25(28-23)31-7)15-18(4)21-12-11-20(14-22(21)27)32-19-10-8-9-17(3)13-19/h8-14,16,18,23H,15H2,1-7H3/t18-,23+,26?/m1/s1. The van der Waals surface area contributed by atoms with E-state index in [1.165, 1.54) is 0 Å². The fourth-order valence-corrected chi connectivity index (χ4v) is 4.53. The van der Waals surface area contributed by atoms with Gasteiger partial charge in [-0.1, -0.05) is 50.6 Å². The second-order valence-electron chi connectivity index (χ2n) is 8.96. The van der Waals surface area contributed by atoms with Gasteiger partial charge in [-0.25, -0.2) is 9.98 Å². The first-order valence-corrected chi connectivity index (χ1v) is 11.3. The van der Waals surface area contributed by atoms with Crippen LogP contribution in [0.15, 0.2) is 52.4 Å². The number of aliphatic imine (C=N–C) groups is 2. The molecule has 6 heteroatoms. The molecular formula is C26H33ClN2O3. The molecule has 1 unspecified atom stereocenters. The second kappa shape index (κ2) is 9.95. The maximum absolute atomic E-state index is 6.67. The summed E-state index contributed by atoms with van der Waals surface area (Å²) in [5, 5.41) is 0.661. The van der Waals surface area contributed by atoms with E-state index in [0.29, 0.717) is 29.0 Å². The van der Waals surface area contributed by atoms with E-state index in [4.69, 9.17) is 35.8 Å². The lowest BCUT2D eigenvalue weighted by atomic mass is 9.84. The summed E-state index contributed by atoms with van der Waals surface area (Å²) in [4.78, 5) is 9.76. The van der Waals surface area contributed by atoms with Crippen molar-refractivity contribution in [3.05, 3.63) is 58.6 Å². The minimum atomic E-state index is -0.634. The minimum absolute atomic E-state index is 0.110. The van der Waals surface area contributed by atoms with Crippen molar-refractivity contribution < 1.29 is 14.2 Å². The quantitative estimate of drug-likeness (QED) is 0.479. The van der Waals surface area contributed by atoms with Gasteiger partial charge in [0.2, 0.25) is 11.8 Å². The number of halogens is 1. The summed E-state index contributed by atoms with van der Waals surface area (Å²) < 4.78 is 17.2. The van der Waals surface area contributed by atoms with Crippen molar-refractivity contribution in [1.29, 1.82) is 0 Å². The van der Waals surface area contributed by atoms with Crippen LogP contribution < -0.4 is 4.74 Å². The minimum Gasteiger partial charge on any atom is -0.483 e. The Hall–Kier alpha value is -2.53. The highest BCUT2D eigenvalue weighted by Gasteiger charge is 2.41. The fourth-order valence-electron chi connectivity index (χ4n) is 4.18. The van der Waals surface area contributed by atoms with Crippen LogP contribution in [0.5, 0.6) is 11.5 Å². The van der Waals surface area contributed by atoms with Crippen LogP contribution in [-0.4, -0.2) is 37.6 Å². The van der Waals surface area contributed by atoms with E-state index in [1.807, 2.05) is 56.3 Å². The summed E-state index contributed by atoms with van der Waals surface area (Å²) in [6.45, 7) is 10.4. The molecule has 1 aliphatic rings. The van der Waals surface area contributed by atoms with Crippen LogP contribution in [0, 0.1) is 12.8 Å². The van der Waals surface area contributed by atoms with Crippen LogP contribution in [0.1, 0.15) is 51.2 Å². The average molecular weight is 457 g/mol. The van der Waals surface area contributed by atoms with Crippen molar-refractivity contribution in [2.75, 3.05) is 14.2 Å². The number of benzene rings is 2. The summed E-state index contributed by atoms with van der Waals surface area (Å²) in [7, 11) is 3.30. The number of hydrogen-bond acceptors (Lipinski definition) is 5. The Kier molecular flexibility index (Phi) is 7.50. The molecule has 0 spiro atoms. The maximum atomic E-state index is 6.67. The SMILES string of the molecule is COC1=NC(C)(C[C@@H](C)c2ccc(Oc3cccc(C)c3)cc2Cl)C(OC)=N[C@H]1C(C)C. The Bertz CT molecular complexity index is 1020. The average Bonchev–Trinajstić information content (AvgIpc) is 2.73. The first kappa shape index (κ1) is 24.1. The number of hydrogen-bond donors (Lipinski definition) is 0. The van der Waals surface area contributed by atoms with Crippen molar-refractivity contribution in [3.8, 4) is 11.5 Å². The lowest BCUT2D eigenvalue weighted by molar-refractivity contribution is 0.300. The van der Waals surface area contributed by atoms with Crippen LogP contribution >= 0.6 is 11.6 Å². The lowest BCUT2D eigenvalue weighted by Crippen LogP contribution is -2.45. The number of aryl methyl sites for hydroxylation is 1. The highest BCUT2D eigenvalue weighted by Crippen LogP contribution is 2.37. The zero-order valence-electron chi connectivity index (χ0n) is 20.0. The van der Waals surface area contributed by atoms with Crippen molar-refractivity contribution in [3.63, 3.8) is 0 Å². The monoisotopic (exact) mass is 456 g/mol. The smallest absolute Gasteiger partial charge is 0.212 e. The number of methoxy groups -OCH3 is 2. The van der Waals surface area contributed by atoms with E-state index in [1.54, 1.807) is 14.2 Å². The van der Waals surface area contributed by atoms with Gasteiger partial charge in [-0.05, 0) is 67.5 Å². The molecule has 32 heavy (non-hydrogen) atoms. The molecule has 0 N–H and O–H groups in total. The molecule has 0 saturated heterocycles. The normalized spacial score (nSPS) is 21.6. The maximum Gasteiger partial charge on any atom is 0.212 e. The molecule has 0 fully saturated rings. The largest absolute Gasteiger partial charge is 0.483 e. The van der Waals surface area contributed by atoms with E-state index in [-0.39, 0.29) is 17.9 Å². The van der Waals surface area contributed by atoms with Gasteiger partial charge < -0.3 is 14.2 Å². The molecule has 0 saturated carbocycles. The Morgan fingerprint density at radius 3 is 2.34 bits per heavy atom. The molecule has 0 aromatic heterocycles. The summed E-state index contributed by atoms with van der Waals surface area (Å²) in [6, 6.07) is 13.6. The lowest BCUT2D eigenvalue weighted by Gasteiger charge is -2.35. The predicted octanol–water partition coefficient (Wildman–Crippen LogP) is 6.82. The van der Waals surface area contributed by atoms with Crippen molar-refractivity contribution in [2.45, 2.75) is 58.5 Å². The molecule has 0 aliphatic carbocycles. The van der Waals surface area contributed by atoms with E-state index < -0.39 is 5.54 Å². The number of rotatable bonds is 6. The topological polar surface area (TPSA) is 52.4 Å². The highest BCUT2D eigenvalue weighted by molar-refractivity contribution is 6.31. The summed E-state index contributed by atoms with van der Waals surface area (Å²) in [6.07, 6.45) is 0.676. The molecule has 0 bridgehead atoms. The molecule has 5 nitrogen and oxygen atoms in total. The van der Waals surface area contributed by atoms with Gasteiger partial charge in [-0.2, -0.15) is 0 Å². The van der Waals surface area contributed by atoms with Crippen LogP contribution in [0.4, 0.5) is 0 Å². The molecule has 2 aromatic rings. The van der Waals surface area contributed by atoms with Crippen LogP contribution in [0.25, 0.3) is 0 Å². The number of ether oxygens (including phenoxy) is 3. The first-order valence-electron chi connectivity index (χ1n) is 11.0. The van der Waals surface area contributed by atoms with Crippen LogP contribution in [0.2, 0.25) is 5.02 Å². The Labute approximate surface area is 196 Å². The molecule has 1 aliphatic heterocycles. The van der Waals surface area contributed by atoms with Crippen molar-refractivity contribution >= 4 is 23.4 Å². The predicted molar refractivity (Wildman–Crippen MR) is 132 cm³/mol. The van der Waals surface area contributed by atoms with E-state index in [2.05, 4.69) is 20.8 Å². The molecule has 2 aromatic carbocycles. The zero-order valence-corrected chi connectivity index (χ0v) is 20.7. The highest BCUT2D eigenvalue weighted by atomic mass is 35.5. The summed E-state index contributed by atoms with van der Waals surface area (Å²) in [5.74, 6) is 3.13. The molecule has 0 amide bonds. The third-order valence-corrected chi connectivity index (χ3v) is 6.12. The zero-order chi connectivity index (χ0) is 23.5. The van der Waals surface area contributed by atoms with Gasteiger partial charge in [0, 0.05) is 5.02 Å². The summed E-state index contributed by atoms with van der Waals surface area (Å²) >= 11 is 6.67. The van der Waals surface area contributed by atoms with Gasteiger partial charge in [-0.15, -0.1) is 0 Å². The van der Waals surface area contributed by atoms with Gasteiger partial charge >= 0.3 is 0 Å². The van der Waals surface area contributed by atoms with E-state index in [0.717, 1.165) is 16.9 Å². The second-order valence-corrected chi connectivity index (χ2v) is 9.37. The van der Waals surface area contributed by atoms with Crippen molar-refractivity contribution in [2.24, 2.45) is 15.9 Å². The van der Waals surface area contributed by atoms with Crippen LogP contribution in [0.3, 0.4) is 0 Å². The molecule has 3 rings (SSSR count). The molecular weight excluding hydrogens is 424 g/mol. The Morgan fingerprint density at radius 1 is 1.03 bits per heavy atom. The molecule has 0 radical (unpaired) electrons. The molecule has 172 valence electrons. The fraction of sp³-hybridized carbons (Fsp3) is 0.462. The van der Waals surface area contributed by atoms with Gasteiger partial charge in [-0.3, -0.25) is 0 Å². The van der Waals surface area contributed by atoms with E-state index >= 15 is 0 Å². The van der Waals surface area contributed by atoms with Gasteiger partial charge in [0.25, 0.3) is 0 Å². The van der Waals surface area contributed by atoms with E-state index in [9.17, 15) is 0 Å². The third-order valence-electron chi connectivity index (χ3n) is 5.79. The molecule has 1 heterocycles. The van der Waals surface area contributed by atoms with Gasteiger partial charge in [0.05, 0.1) is 14.2 Å².